The maximum absolute atomic E-state index is 12.7. The van der Waals surface area contributed by atoms with Crippen LogP contribution in [0.5, 0.6) is 0 Å². The summed E-state index contributed by atoms with van der Waals surface area (Å²) in [6.45, 7) is 4.69. The third kappa shape index (κ3) is 2.82. The summed E-state index contributed by atoms with van der Waals surface area (Å²) in [5.74, 6) is -0.642. The molecule has 0 bridgehead atoms. The van der Waals surface area contributed by atoms with Crippen LogP contribution in [0.2, 0.25) is 0 Å². The molecule has 5 nitrogen and oxygen atoms in total. The topological polar surface area (TPSA) is 75.6 Å². The number of carboxylic acids is 1. The van der Waals surface area contributed by atoms with Crippen LogP contribution in [-0.4, -0.2) is 35.7 Å². The Kier molecular flexibility index (Phi) is 4.37. The van der Waals surface area contributed by atoms with Crippen molar-refractivity contribution in [2.45, 2.75) is 57.9 Å². The van der Waals surface area contributed by atoms with Gasteiger partial charge in [0.1, 0.15) is 0 Å². The maximum Gasteiger partial charge on any atom is 0.331 e. The molecule has 2 N–H and O–H groups in total. The highest BCUT2D eigenvalue weighted by Gasteiger charge is 2.49. The van der Waals surface area contributed by atoms with Gasteiger partial charge < -0.3 is 15.2 Å². The number of amides is 1. The second-order valence-corrected chi connectivity index (χ2v) is 6.73. The van der Waals surface area contributed by atoms with E-state index in [0.29, 0.717) is 18.9 Å². The number of ether oxygens (including phenoxy) is 1. The molecule has 0 radical (unpaired) electrons. The van der Waals surface area contributed by atoms with Crippen LogP contribution < -0.4 is 5.32 Å². The van der Waals surface area contributed by atoms with Gasteiger partial charge in [-0.1, -0.05) is 26.7 Å². The molecule has 1 amide bonds. The molecule has 2 rings (SSSR count). The number of rotatable bonds is 5. The summed E-state index contributed by atoms with van der Waals surface area (Å²) >= 11 is 0. The summed E-state index contributed by atoms with van der Waals surface area (Å²) in [4.78, 5) is 24.2. The number of carbonyl (C=O) groups is 2. The van der Waals surface area contributed by atoms with Gasteiger partial charge >= 0.3 is 5.97 Å². The average molecular weight is 283 g/mol. The van der Waals surface area contributed by atoms with Gasteiger partial charge in [0.2, 0.25) is 5.91 Å². The number of aliphatic carboxylic acids is 1. The van der Waals surface area contributed by atoms with E-state index < -0.39 is 11.5 Å². The Labute approximate surface area is 120 Å². The summed E-state index contributed by atoms with van der Waals surface area (Å²) in [5, 5.41) is 12.2. The van der Waals surface area contributed by atoms with Gasteiger partial charge in [0.15, 0.2) is 5.54 Å². The lowest BCUT2D eigenvalue weighted by Crippen LogP contribution is -2.58. The van der Waals surface area contributed by atoms with Crippen molar-refractivity contribution in [2.24, 2.45) is 11.3 Å². The first-order chi connectivity index (χ1) is 9.40. The highest BCUT2D eigenvalue weighted by molar-refractivity contribution is 5.90. The minimum absolute atomic E-state index is 0.0752. The van der Waals surface area contributed by atoms with Crippen LogP contribution in [0.25, 0.3) is 0 Å². The van der Waals surface area contributed by atoms with Crippen molar-refractivity contribution in [3.05, 3.63) is 0 Å². The van der Waals surface area contributed by atoms with Crippen molar-refractivity contribution in [1.82, 2.24) is 5.32 Å². The van der Waals surface area contributed by atoms with Crippen molar-refractivity contribution in [1.29, 1.82) is 0 Å². The van der Waals surface area contributed by atoms with Crippen molar-refractivity contribution in [2.75, 3.05) is 13.2 Å². The van der Waals surface area contributed by atoms with E-state index in [1.165, 1.54) is 0 Å². The number of hydrogen-bond donors (Lipinski definition) is 2. The fourth-order valence-corrected chi connectivity index (χ4v) is 3.59. The SMILES string of the molecule is CC(C)CC1(C(=O)NC2(C(=O)O)CCOC2)CCCC1. The van der Waals surface area contributed by atoms with Gasteiger partial charge in [0.05, 0.1) is 6.61 Å². The molecule has 5 heteroatoms. The zero-order valence-corrected chi connectivity index (χ0v) is 12.4. The number of carbonyl (C=O) groups excluding carboxylic acids is 1. The second kappa shape index (κ2) is 5.72. The Morgan fingerprint density at radius 3 is 2.35 bits per heavy atom. The quantitative estimate of drug-likeness (QED) is 0.808. The number of nitrogens with one attached hydrogen (secondary N) is 1. The van der Waals surface area contributed by atoms with E-state index in [0.717, 1.165) is 32.1 Å². The lowest BCUT2D eigenvalue weighted by atomic mass is 9.77. The molecule has 1 unspecified atom stereocenters. The third-order valence-corrected chi connectivity index (χ3v) is 4.63. The van der Waals surface area contributed by atoms with Gasteiger partial charge in [-0.2, -0.15) is 0 Å². The first-order valence-corrected chi connectivity index (χ1v) is 7.54. The van der Waals surface area contributed by atoms with E-state index >= 15 is 0 Å². The third-order valence-electron chi connectivity index (χ3n) is 4.63. The first kappa shape index (κ1) is 15.3. The van der Waals surface area contributed by atoms with Crippen molar-refractivity contribution in [3.63, 3.8) is 0 Å². The summed E-state index contributed by atoms with van der Waals surface area (Å²) in [6, 6.07) is 0. The van der Waals surface area contributed by atoms with Crippen molar-refractivity contribution in [3.8, 4) is 0 Å². The zero-order chi connectivity index (χ0) is 14.8. The van der Waals surface area contributed by atoms with Gasteiger partial charge in [-0.25, -0.2) is 4.79 Å². The molecular formula is C15H25NO4. The normalized spacial score (nSPS) is 28.8. The zero-order valence-electron chi connectivity index (χ0n) is 12.4. The largest absolute Gasteiger partial charge is 0.479 e. The highest BCUT2D eigenvalue weighted by atomic mass is 16.5. The molecule has 1 atom stereocenters. The molecule has 2 aliphatic rings. The molecule has 0 aromatic rings. The van der Waals surface area contributed by atoms with Gasteiger partial charge in [-0.05, 0) is 25.2 Å². The molecule has 0 aromatic heterocycles. The van der Waals surface area contributed by atoms with E-state index in [1.54, 1.807) is 0 Å². The lowest BCUT2D eigenvalue weighted by Gasteiger charge is -2.34. The molecule has 1 saturated heterocycles. The van der Waals surface area contributed by atoms with Crippen LogP contribution in [0.4, 0.5) is 0 Å². The van der Waals surface area contributed by atoms with E-state index in [1.807, 2.05) is 0 Å². The lowest BCUT2D eigenvalue weighted by molar-refractivity contribution is -0.150. The second-order valence-electron chi connectivity index (χ2n) is 6.73. The predicted molar refractivity (Wildman–Crippen MR) is 74.3 cm³/mol. The van der Waals surface area contributed by atoms with Gasteiger partial charge in [-0.15, -0.1) is 0 Å². The molecular weight excluding hydrogens is 258 g/mol. The van der Waals surface area contributed by atoms with Crippen LogP contribution in [-0.2, 0) is 14.3 Å². The Hall–Kier alpha value is -1.10. The van der Waals surface area contributed by atoms with E-state index in [-0.39, 0.29) is 17.9 Å². The molecule has 2 fully saturated rings. The van der Waals surface area contributed by atoms with Crippen LogP contribution in [0, 0.1) is 11.3 Å². The summed E-state index contributed by atoms with van der Waals surface area (Å²) < 4.78 is 5.20. The average Bonchev–Trinajstić information content (AvgIpc) is 2.98. The molecule has 0 aromatic carbocycles. The highest BCUT2D eigenvalue weighted by Crippen LogP contribution is 2.44. The smallest absolute Gasteiger partial charge is 0.331 e. The molecule has 20 heavy (non-hydrogen) atoms. The Morgan fingerprint density at radius 1 is 1.25 bits per heavy atom. The molecule has 1 aliphatic heterocycles. The number of hydrogen-bond acceptors (Lipinski definition) is 3. The standard InChI is InChI=1S/C15H25NO4/c1-11(2)9-14(5-3-4-6-14)12(17)16-15(13(18)19)7-8-20-10-15/h11H,3-10H2,1-2H3,(H,16,17)(H,18,19). The van der Waals surface area contributed by atoms with E-state index in [4.69, 9.17) is 4.74 Å². The summed E-state index contributed by atoms with van der Waals surface area (Å²) in [5.41, 5.74) is -1.59. The van der Waals surface area contributed by atoms with Crippen LogP contribution >= 0.6 is 0 Å². The summed E-state index contributed by atoms with van der Waals surface area (Å²) in [7, 11) is 0. The Balaban J connectivity index is 2.14. The fraction of sp³-hybridized carbons (Fsp3) is 0.867. The van der Waals surface area contributed by atoms with Gasteiger partial charge in [0, 0.05) is 18.4 Å². The Morgan fingerprint density at radius 2 is 1.90 bits per heavy atom. The fourth-order valence-electron chi connectivity index (χ4n) is 3.59. The van der Waals surface area contributed by atoms with E-state index in [9.17, 15) is 14.7 Å². The number of carboxylic acid groups (broad SMARTS) is 1. The molecule has 0 spiro atoms. The molecule has 1 saturated carbocycles. The maximum atomic E-state index is 12.7. The minimum Gasteiger partial charge on any atom is -0.479 e. The van der Waals surface area contributed by atoms with Crippen molar-refractivity contribution >= 4 is 11.9 Å². The van der Waals surface area contributed by atoms with Crippen LogP contribution in [0.3, 0.4) is 0 Å². The first-order valence-electron chi connectivity index (χ1n) is 7.54. The molecule has 1 aliphatic carbocycles. The molecule has 114 valence electrons. The van der Waals surface area contributed by atoms with Crippen LogP contribution in [0.1, 0.15) is 52.4 Å². The van der Waals surface area contributed by atoms with Crippen LogP contribution in [0.15, 0.2) is 0 Å². The summed E-state index contributed by atoms with van der Waals surface area (Å²) in [6.07, 6.45) is 5.02. The predicted octanol–water partition coefficient (Wildman–Crippen LogP) is 1.95. The van der Waals surface area contributed by atoms with Gasteiger partial charge in [0.25, 0.3) is 0 Å². The minimum atomic E-state index is -1.22. The van der Waals surface area contributed by atoms with Gasteiger partial charge in [-0.3, -0.25) is 4.79 Å². The molecule has 1 heterocycles. The van der Waals surface area contributed by atoms with E-state index in [2.05, 4.69) is 19.2 Å². The Bertz CT molecular complexity index is 379. The van der Waals surface area contributed by atoms with Crippen molar-refractivity contribution < 1.29 is 19.4 Å². The monoisotopic (exact) mass is 283 g/mol.